The molecule has 5 aliphatic rings. The smallest absolute Gasteiger partial charge is 0.414 e. The highest BCUT2D eigenvalue weighted by atomic mass is 19.1. The first kappa shape index (κ1) is 61.8. The van der Waals surface area contributed by atoms with Gasteiger partial charge in [-0.05, 0) is 86.1 Å². The van der Waals surface area contributed by atoms with Crippen LogP contribution in [0.25, 0.3) is 11.1 Å². The molecule has 0 radical (unpaired) electrons. The lowest BCUT2D eigenvalue weighted by Crippen LogP contribution is -2.61. The number of carbonyl (C=O) groups excluding carboxylic acids is 4. The normalized spacial score (nSPS) is 39.6. The number of hydrogen-bond donors (Lipinski definition) is 6. The third-order valence-electron chi connectivity index (χ3n) is 17.2. The van der Waals surface area contributed by atoms with Gasteiger partial charge in [-0.15, -0.1) is 0 Å². The lowest BCUT2D eigenvalue weighted by molar-refractivity contribution is -0.319. The second-order valence-corrected chi connectivity index (χ2v) is 23.2. The number of aliphatic hydroxyl groups excluding tert-OH is 3. The first-order chi connectivity index (χ1) is 37.1. The molecule has 1 aromatic carbocycles. The van der Waals surface area contributed by atoms with E-state index < -0.39 is 132 Å². The molecule has 2 aromatic rings. The number of likely N-dealkylation sites (N-methyl/N-ethyl adjacent to an activating group) is 1. The summed E-state index contributed by atoms with van der Waals surface area (Å²) in [6, 6.07) is 3.74. The van der Waals surface area contributed by atoms with Crippen molar-refractivity contribution in [3.8, 4) is 11.1 Å². The Balaban J connectivity index is 1.06. The summed E-state index contributed by atoms with van der Waals surface area (Å²) in [6.07, 6.45) is -7.19. The van der Waals surface area contributed by atoms with Crippen LogP contribution < -0.4 is 16.0 Å². The number of aliphatic hydroxyl groups is 4. The highest BCUT2D eigenvalue weighted by Crippen LogP contribution is 2.43. The average Bonchev–Trinajstić information content (AvgIpc) is 4.10. The van der Waals surface area contributed by atoms with Crippen molar-refractivity contribution >= 4 is 35.4 Å². The Morgan fingerprint density at radius 2 is 1.61 bits per heavy atom. The first-order valence-corrected chi connectivity index (χ1v) is 27.4. The fraction of sp³-hybridized carbons (Fsp3) is 0.714. The van der Waals surface area contributed by atoms with Crippen LogP contribution in [0.2, 0.25) is 0 Å². The number of rotatable bonds is 15. The molecule has 7 rings (SSSR count). The summed E-state index contributed by atoms with van der Waals surface area (Å²) in [4.78, 5) is 66.2. The number of hydrogen-bond acceptors (Lipinski definition) is 20. The molecule has 22 nitrogen and oxygen atoms in total. The monoisotopic (exact) mass is 1110 g/mol. The SMILES string of the molecule is CC[C@H]1OC(=O)[C@H](C)[C@@H](O[C@H]2C[C@@](C)(OC)[C@@H](O)[C@H](C)O2)[C@H](C)[C@@H](O[C@@H]2O[C@H](C)C[C@H](N(C)C[C@H]3C=C3C(=O)NC[C@H]3CN(c4ccc(-c5cnc(N)nc5)c(F)c4)C(=O)O3)[C@H]2O)[C@](C)(OC)C[C@@H](C)C(=O)[C@H](C)[C@@H](O)[C@]1(C)O. The van der Waals surface area contributed by atoms with Gasteiger partial charge in [0, 0.05) is 86.0 Å². The van der Waals surface area contributed by atoms with Gasteiger partial charge < -0.3 is 69.4 Å². The summed E-state index contributed by atoms with van der Waals surface area (Å²) < 4.78 is 65.4. The number of nitrogens with one attached hydrogen (secondary N) is 1. The van der Waals surface area contributed by atoms with Crippen LogP contribution in [0.5, 0.6) is 0 Å². The second kappa shape index (κ2) is 24.7. The molecule has 23 heteroatoms. The number of amides is 2. The van der Waals surface area contributed by atoms with Crippen LogP contribution >= 0.6 is 0 Å². The van der Waals surface area contributed by atoms with Gasteiger partial charge >= 0.3 is 12.1 Å². The van der Waals surface area contributed by atoms with Crippen molar-refractivity contribution in [1.29, 1.82) is 0 Å². The van der Waals surface area contributed by atoms with Crippen LogP contribution in [-0.2, 0) is 52.3 Å². The molecule has 20 atom stereocenters. The number of nitrogens with two attached hydrogens (primary N) is 1. The van der Waals surface area contributed by atoms with E-state index >= 15 is 4.39 Å². The van der Waals surface area contributed by atoms with Crippen LogP contribution in [0, 0.1) is 35.4 Å². The fourth-order valence-corrected chi connectivity index (χ4v) is 12.0. The summed E-state index contributed by atoms with van der Waals surface area (Å²) >= 11 is 0. The van der Waals surface area contributed by atoms with Gasteiger partial charge in [-0.1, -0.05) is 33.8 Å². The summed E-state index contributed by atoms with van der Waals surface area (Å²) in [7, 11) is 4.77. The molecule has 0 bridgehead atoms. The molecule has 1 aromatic heterocycles. The number of cyclic esters (lactones) is 2. The minimum atomic E-state index is -2.04. The van der Waals surface area contributed by atoms with Gasteiger partial charge in [0.1, 0.15) is 41.6 Å². The number of esters is 1. The maximum atomic E-state index is 15.2. The summed E-state index contributed by atoms with van der Waals surface area (Å²) in [5.74, 6) is -6.18. The number of halogens is 1. The predicted octanol–water partition coefficient (Wildman–Crippen LogP) is 3.69. The molecule has 4 fully saturated rings. The number of methoxy groups -OCH3 is 2. The molecular formula is C56H83FN6O16. The number of Topliss-reactive ketones (excluding diaryl/α,β-unsaturated/α-hetero) is 1. The number of benzene rings is 1. The number of ether oxygens (including phenoxy) is 8. The van der Waals surface area contributed by atoms with E-state index in [0.29, 0.717) is 24.1 Å². The zero-order chi connectivity index (χ0) is 58.2. The Hall–Kier alpha value is -4.79. The Morgan fingerprint density at radius 1 is 0.937 bits per heavy atom. The standard InChI is InChI=1S/C56H83FN6O16/c1-14-41-56(10,71)46(66)29(4)43(64)27(2)20-55(9,73-13)48(30(5)45(31(6)50(69)77-41)78-42-21-54(8,72-12)47(67)32(7)75-42)79-51-44(65)40(17-28(3)74-51)62(11)25-33-18-38(33)49(68)59-24-36-26-63(53(70)76-36)35-15-16-37(39(57)19-35)34-22-60-52(58)61-23-34/h15-16,18-19,22-23,27-33,36,40-42,44-48,51,65-67,71H,14,17,20-21,24-26H2,1-13H3,(H,59,68)(H2,58,60,61)/t27-,28-,29+,30+,31-,32+,33-,36+,40+,41-,42+,44-,45+,46-,47+,48-,51+,54-,55-,56-/m1/s1. The van der Waals surface area contributed by atoms with Gasteiger partial charge in [0.2, 0.25) is 11.9 Å². The van der Waals surface area contributed by atoms with Gasteiger partial charge in [0.25, 0.3) is 0 Å². The van der Waals surface area contributed by atoms with Crippen molar-refractivity contribution in [3.63, 3.8) is 0 Å². The molecule has 5 heterocycles. The van der Waals surface area contributed by atoms with Gasteiger partial charge in [-0.2, -0.15) is 0 Å². The zero-order valence-corrected chi connectivity index (χ0v) is 47.7. The Kier molecular flexibility index (Phi) is 19.4. The number of nitrogen functional groups attached to an aromatic ring is 1. The number of carbonyl (C=O) groups is 4. The topological polar surface area (TPSA) is 293 Å². The van der Waals surface area contributed by atoms with Gasteiger partial charge in [-0.3, -0.25) is 24.2 Å². The molecule has 440 valence electrons. The van der Waals surface area contributed by atoms with Crippen LogP contribution in [0.1, 0.15) is 94.9 Å². The van der Waals surface area contributed by atoms with Crippen LogP contribution in [-0.4, -0.2) is 190 Å². The molecule has 0 saturated carbocycles. The highest BCUT2D eigenvalue weighted by molar-refractivity contribution is 5.98. The molecule has 79 heavy (non-hydrogen) atoms. The fourth-order valence-electron chi connectivity index (χ4n) is 12.0. The van der Waals surface area contributed by atoms with Gasteiger partial charge in [-0.25, -0.2) is 19.2 Å². The van der Waals surface area contributed by atoms with E-state index in [1.807, 2.05) is 24.9 Å². The zero-order valence-electron chi connectivity index (χ0n) is 47.7. The summed E-state index contributed by atoms with van der Waals surface area (Å²) in [6.45, 7) is 17.1. The molecule has 0 unspecified atom stereocenters. The Bertz CT molecular complexity index is 2530. The predicted molar refractivity (Wildman–Crippen MR) is 284 cm³/mol. The molecule has 4 saturated heterocycles. The van der Waals surface area contributed by atoms with Crippen LogP contribution in [0.4, 0.5) is 20.8 Å². The minimum Gasteiger partial charge on any atom is -0.459 e. The minimum absolute atomic E-state index is 0.00308. The third-order valence-corrected chi connectivity index (χ3v) is 17.2. The first-order valence-electron chi connectivity index (χ1n) is 27.4. The van der Waals surface area contributed by atoms with Gasteiger partial charge in [0.15, 0.2) is 12.6 Å². The number of anilines is 2. The number of nitrogens with zero attached hydrogens (tertiary/aromatic N) is 4. The van der Waals surface area contributed by atoms with Crippen LogP contribution in [0.3, 0.4) is 0 Å². The summed E-state index contributed by atoms with van der Waals surface area (Å²) in [5, 5.41) is 49.7. The number of ketones is 1. The lowest BCUT2D eigenvalue weighted by atomic mass is 9.74. The lowest BCUT2D eigenvalue weighted by Gasteiger charge is -2.50. The van der Waals surface area contributed by atoms with E-state index in [9.17, 15) is 39.6 Å². The molecule has 2 amide bonds. The second-order valence-electron chi connectivity index (χ2n) is 23.2. The van der Waals surface area contributed by atoms with Crippen molar-refractivity contribution in [3.05, 3.63) is 48.1 Å². The van der Waals surface area contributed by atoms with E-state index in [2.05, 4.69) is 15.3 Å². The van der Waals surface area contributed by atoms with Crippen molar-refractivity contribution in [1.82, 2.24) is 20.2 Å². The molecule has 7 N–H and O–H groups in total. The van der Waals surface area contributed by atoms with E-state index in [-0.39, 0.29) is 67.2 Å². The maximum absolute atomic E-state index is 15.2. The van der Waals surface area contributed by atoms with E-state index in [1.54, 1.807) is 54.5 Å². The highest BCUT2D eigenvalue weighted by Gasteiger charge is 2.54. The van der Waals surface area contributed by atoms with E-state index in [1.165, 1.54) is 57.5 Å². The summed E-state index contributed by atoms with van der Waals surface area (Å²) in [5.41, 5.74) is 2.46. The van der Waals surface area contributed by atoms with E-state index in [0.717, 1.165) is 0 Å². The van der Waals surface area contributed by atoms with Crippen molar-refractivity contribution in [2.45, 2.75) is 185 Å². The third kappa shape index (κ3) is 13.3. The van der Waals surface area contributed by atoms with Crippen LogP contribution in [0.15, 0.2) is 42.2 Å². The Morgan fingerprint density at radius 3 is 2.24 bits per heavy atom. The molecule has 0 spiro atoms. The van der Waals surface area contributed by atoms with Crippen molar-refractivity contribution in [2.24, 2.45) is 29.6 Å². The van der Waals surface area contributed by atoms with Crippen molar-refractivity contribution in [2.75, 3.05) is 51.5 Å². The van der Waals surface area contributed by atoms with E-state index in [4.69, 9.17) is 43.6 Å². The molecular weight excluding hydrogens is 1030 g/mol. The maximum Gasteiger partial charge on any atom is 0.414 e. The number of aromatic nitrogens is 2. The average molecular weight is 1120 g/mol. The Labute approximate surface area is 461 Å². The largest absolute Gasteiger partial charge is 0.459 e. The molecule has 4 aliphatic heterocycles. The quantitative estimate of drug-likeness (QED) is 0.139. The van der Waals surface area contributed by atoms with Gasteiger partial charge in [0.05, 0.1) is 66.4 Å². The molecule has 1 aliphatic carbocycles. The van der Waals surface area contributed by atoms with Crippen molar-refractivity contribution < 1.29 is 81.9 Å².